The second kappa shape index (κ2) is 7.79. The minimum absolute atomic E-state index is 0.604. The largest absolute Gasteiger partial charge is 0.446 e. The summed E-state index contributed by atoms with van der Waals surface area (Å²) in [7, 11) is 1.98. The van der Waals surface area contributed by atoms with E-state index in [1.165, 1.54) is 25.8 Å². The van der Waals surface area contributed by atoms with Crippen molar-refractivity contribution >= 4 is 0 Å². The first kappa shape index (κ1) is 15.5. The van der Waals surface area contributed by atoms with Crippen molar-refractivity contribution in [2.24, 2.45) is 0 Å². The van der Waals surface area contributed by atoms with Crippen LogP contribution in [0.3, 0.4) is 0 Å². The van der Waals surface area contributed by atoms with Crippen LogP contribution in [0.1, 0.15) is 51.2 Å². The maximum Gasteiger partial charge on any atom is 0.195 e. The number of oxazole rings is 1. The third kappa shape index (κ3) is 4.32. The van der Waals surface area contributed by atoms with Crippen molar-refractivity contribution in [1.29, 1.82) is 0 Å². The van der Waals surface area contributed by atoms with Gasteiger partial charge in [-0.1, -0.05) is 6.42 Å². The smallest absolute Gasteiger partial charge is 0.195 e. The van der Waals surface area contributed by atoms with Gasteiger partial charge in [0.15, 0.2) is 5.89 Å². The lowest BCUT2D eigenvalue weighted by Crippen LogP contribution is -2.45. The highest BCUT2D eigenvalue weighted by Gasteiger charge is 2.26. The predicted molar refractivity (Wildman–Crippen MR) is 81.9 cm³/mol. The number of rotatable bonds is 7. The fourth-order valence-corrected chi connectivity index (χ4v) is 3.12. The van der Waals surface area contributed by atoms with Crippen LogP contribution in [-0.4, -0.2) is 42.1 Å². The molecule has 2 heterocycles. The first-order valence-corrected chi connectivity index (χ1v) is 8.04. The van der Waals surface area contributed by atoms with Crippen molar-refractivity contribution < 1.29 is 4.42 Å². The summed E-state index contributed by atoms with van der Waals surface area (Å²) in [5.41, 5.74) is 0. The Hall–Kier alpha value is -0.870. The number of piperidine rings is 1. The predicted octanol–water partition coefficient (Wildman–Crippen LogP) is 2.63. The summed E-state index contributed by atoms with van der Waals surface area (Å²) in [5, 5.41) is 3.16. The summed E-state index contributed by atoms with van der Waals surface area (Å²) < 4.78 is 5.90. The van der Waals surface area contributed by atoms with E-state index >= 15 is 0 Å². The molecular weight excluding hydrogens is 250 g/mol. The summed E-state index contributed by atoms with van der Waals surface area (Å²) in [6, 6.07) is 1.22. The Morgan fingerprint density at radius 2 is 2.30 bits per heavy atom. The molecule has 1 N–H and O–H groups in total. The molecule has 114 valence electrons. The molecule has 0 saturated carbocycles. The van der Waals surface area contributed by atoms with E-state index in [1.54, 1.807) is 0 Å². The Bertz CT molecular complexity index is 389. The van der Waals surface area contributed by atoms with Gasteiger partial charge in [0, 0.05) is 24.9 Å². The third-order valence-corrected chi connectivity index (χ3v) is 4.20. The Morgan fingerprint density at radius 1 is 1.45 bits per heavy atom. The van der Waals surface area contributed by atoms with Crippen molar-refractivity contribution in [3.05, 3.63) is 17.8 Å². The molecule has 1 atom stereocenters. The molecule has 1 aromatic rings. The van der Waals surface area contributed by atoms with Gasteiger partial charge in [-0.15, -0.1) is 0 Å². The molecule has 1 aliphatic heterocycles. The van der Waals surface area contributed by atoms with Crippen molar-refractivity contribution in [2.75, 3.05) is 20.1 Å². The molecule has 0 radical (unpaired) electrons. The quantitative estimate of drug-likeness (QED) is 0.779. The van der Waals surface area contributed by atoms with Crippen molar-refractivity contribution in [1.82, 2.24) is 15.2 Å². The van der Waals surface area contributed by atoms with Crippen molar-refractivity contribution in [2.45, 2.75) is 64.5 Å². The highest BCUT2D eigenvalue weighted by molar-refractivity contribution is 4.97. The van der Waals surface area contributed by atoms with Gasteiger partial charge in [-0.05, 0) is 53.2 Å². The molecular formula is C16H29N3O. The first-order chi connectivity index (χ1) is 9.70. The van der Waals surface area contributed by atoms with Gasteiger partial charge in [-0.25, -0.2) is 4.98 Å². The van der Waals surface area contributed by atoms with E-state index in [-0.39, 0.29) is 0 Å². The third-order valence-electron chi connectivity index (χ3n) is 4.20. The maximum absolute atomic E-state index is 5.90. The normalized spacial score (nSPS) is 20.7. The molecule has 1 aliphatic rings. The highest BCUT2D eigenvalue weighted by Crippen LogP contribution is 2.22. The Balaban J connectivity index is 1.88. The molecule has 0 spiro atoms. The van der Waals surface area contributed by atoms with Crippen LogP contribution in [0.25, 0.3) is 0 Å². The summed E-state index contributed by atoms with van der Waals surface area (Å²) in [6.45, 7) is 6.83. The molecule has 1 saturated heterocycles. The van der Waals surface area contributed by atoms with E-state index in [9.17, 15) is 0 Å². The summed E-state index contributed by atoms with van der Waals surface area (Å²) in [4.78, 5) is 7.07. The highest BCUT2D eigenvalue weighted by atomic mass is 16.4. The average molecular weight is 279 g/mol. The van der Waals surface area contributed by atoms with Gasteiger partial charge < -0.3 is 9.73 Å². The van der Waals surface area contributed by atoms with Gasteiger partial charge in [0.2, 0.25) is 0 Å². The van der Waals surface area contributed by atoms with E-state index in [4.69, 9.17) is 4.42 Å². The van der Waals surface area contributed by atoms with E-state index in [1.807, 2.05) is 13.2 Å². The van der Waals surface area contributed by atoms with Crippen LogP contribution in [0, 0.1) is 0 Å². The number of likely N-dealkylation sites (tertiary alicyclic amines) is 1. The van der Waals surface area contributed by atoms with Crippen LogP contribution >= 0.6 is 0 Å². The summed E-state index contributed by atoms with van der Waals surface area (Å²) in [5.74, 6) is 1.95. The van der Waals surface area contributed by atoms with E-state index in [0.29, 0.717) is 12.1 Å². The van der Waals surface area contributed by atoms with Gasteiger partial charge in [0.1, 0.15) is 5.76 Å². The fraction of sp³-hybridized carbons (Fsp3) is 0.812. The zero-order chi connectivity index (χ0) is 14.4. The minimum Gasteiger partial charge on any atom is -0.446 e. The van der Waals surface area contributed by atoms with Crippen molar-refractivity contribution in [3.63, 3.8) is 0 Å². The molecule has 0 amide bonds. The molecule has 1 unspecified atom stereocenters. The second-order valence-corrected chi connectivity index (χ2v) is 6.11. The van der Waals surface area contributed by atoms with Gasteiger partial charge in [0.05, 0.1) is 6.20 Å². The van der Waals surface area contributed by atoms with Gasteiger partial charge >= 0.3 is 0 Å². The topological polar surface area (TPSA) is 41.3 Å². The number of aromatic nitrogens is 1. The molecule has 20 heavy (non-hydrogen) atoms. The Morgan fingerprint density at radius 3 is 3.05 bits per heavy atom. The number of hydrogen-bond acceptors (Lipinski definition) is 4. The summed E-state index contributed by atoms with van der Waals surface area (Å²) >= 11 is 0. The van der Waals surface area contributed by atoms with Gasteiger partial charge in [-0.3, -0.25) is 4.90 Å². The van der Waals surface area contributed by atoms with Crippen molar-refractivity contribution in [3.8, 4) is 0 Å². The fourth-order valence-electron chi connectivity index (χ4n) is 3.12. The Kier molecular flexibility index (Phi) is 6.05. The lowest BCUT2D eigenvalue weighted by molar-refractivity contribution is 0.106. The standard InChI is InChI=1S/C16H29N3O/c1-13(2)19-10-5-4-7-14(19)11-16-18-12-15(20-16)8-6-9-17-3/h12-14,17H,4-11H2,1-3H3. The van der Waals surface area contributed by atoms with Crippen LogP contribution in [0.15, 0.2) is 10.6 Å². The van der Waals surface area contributed by atoms with Crippen LogP contribution in [0.4, 0.5) is 0 Å². The molecule has 0 aromatic carbocycles. The maximum atomic E-state index is 5.90. The van der Waals surface area contributed by atoms with Gasteiger partial charge in [0.25, 0.3) is 0 Å². The molecule has 4 nitrogen and oxygen atoms in total. The van der Waals surface area contributed by atoms with Crippen LogP contribution in [-0.2, 0) is 12.8 Å². The van der Waals surface area contributed by atoms with Crippen LogP contribution in [0.5, 0.6) is 0 Å². The number of hydrogen-bond donors (Lipinski definition) is 1. The van der Waals surface area contributed by atoms with E-state index in [2.05, 4.69) is 29.0 Å². The zero-order valence-electron chi connectivity index (χ0n) is 13.2. The second-order valence-electron chi connectivity index (χ2n) is 6.11. The lowest BCUT2D eigenvalue weighted by Gasteiger charge is -2.38. The van der Waals surface area contributed by atoms with Gasteiger partial charge in [-0.2, -0.15) is 0 Å². The average Bonchev–Trinajstić information content (AvgIpc) is 2.87. The molecule has 0 bridgehead atoms. The van der Waals surface area contributed by atoms with E-state index < -0.39 is 0 Å². The first-order valence-electron chi connectivity index (χ1n) is 8.04. The SMILES string of the molecule is CNCCCc1cnc(CC2CCCCN2C(C)C)o1. The number of nitrogens with zero attached hydrogens (tertiary/aromatic N) is 2. The lowest BCUT2D eigenvalue weighted by atomic mass is 9.98. The van der Waals surface area contributed by atoms with Crippen LogP contribution in [0.2, 0.25) is 0 Å². The monoisotopic (exact) mass is 279 g/mol. The summed E-state index contributed by atoms with van der Waals surface area (Å²) in [6.07, 6.45) is 8.89. The number of nitrogens with one attached hydrogen (secondary N) is 1. The number of aryl methyl sites for hydroxylation is 1. The molecule has 1 aromatic heterocycles. The van der Waals surface area contributed by atoms with Crippen LogP contribution < -0.4 is 5.32 Å². The Labute approximate surface area is 122 Å². The molecule has 2 rings (SSSR count). The minimum atomic E-state index is 0.604. The molecule has 1 fully saturated rings. The molecule has 4 heteroatoms. The zero-order valence-corrected chi connectivity index (χ0v) is 13.2. The van der Waals surface area contributed by atoms with E-state index in [0.717, 1.165) is 37.5 Å². The molecule has 0 aliphatic carbocycles.